The molecule has 1 aliphatic rings. The summed E-state index contributed by atoms with van der Waals surface area (Å²) in [6.45, 7) is 0.941. The molecule has 142 valence electrons. The van der Waals surface area contributed by atoms with E-state index in [2.05, 4.69) is 10.5 Å². The standard InChI is InChI=1S/C16H16N4O6S/c21-16(18-17-11-13-6-7-15(26-13)20(22)23)12-4-3-5-14(10-12)27(24,25)19-8-1-2-9-19/h3-7,10-11H,1-2,8-9H2,(H,18,21)/b17-11-. The smallest absolute Gasteiger partial charge is 0.400 e. The molecule has 11 heteroatoms. The Morgan fingerprint density at radius 1 is 1.26 bits per heavy atom. The molecule has 0 spiro atoms. The maximum Gasteiger partial charge on any atom is 0.433 e. The van der Waals surface area contributed by atoms with Gasteiger partial charge < -0.3 is 4.42 Å². The molecule has 0 atom stereocenters. The summed E-state index contributed by atoms with van der Waals surface area (Å²) in [5.41, 5.74) is 2.35. The first kappa shape index (κ1) is 18.7. The number of carbonyl (C=O) groups is 1. The van der Waals surface area contributed by atoms with Crippen LogP contribution in [-0.4, -0.2) is 42.9 Å². The highest BCUT2D eigenvalue weighted by Gasteiger charge is 2.27. The van der Waals surface area contributed by atoms with Crippen molar-refractivity contribution in [2.24, 2.45) is 5.10 Å². The topological polar surface area (TPSA) is 135 Å². The molecule has 0 unspecified atom stereocenters. The lowest BCUT2D eigenvalue weighted by molar-refractivity contribution is -0.402. The maximum absolute atomic E-state index is 12.6. The first-order valence-corrected chi connectivity index (χ1v) is 9.50. The lowest BCUT2D eigenvalue weighted by atomic mass is 10.2. The van der Waals surface area contributed by atoms with Crippen LogP contribution in [0.3, 0.4) is 0 Å². The minimum atomic E-state index is -3.63. The zero-order valence-electron chi connectivity index (χ0n) is 14.1. The number of rotatable bonds is 6. The Kier molecular flexibility index (Phi) is 5.33. The Bertz CT molecular complexity index is 992. The van der Waals surface area contributed by atoms with Gasteiger partial charge in [0, 0.05) is 18.7 Å². The van der Waals surface area contributed by atoms with E-state index in [1.807, 2.05) is 0 Å². The van der Waals surface area contributed by atoms with E-state index in [0.29, 0.717) is 13.1 Å². The van der Waals surface area contributed by atoms with Gasteiger partial charge in [0.15, 0.2) is 5.76 Å². The number of nitrogens with zero attached hydrogens (tertiary/aromatic N) is 3. The van der Waals surface area contributed by atoms with Crippen molar-refractivity contribution in [3.8, 4) is 0 Å². The highest BCUT2D eigenvalue weighted by molar-refractivity contribution is 7.89. The number of hydrogen-bond acceptors (Lipinski definition) is 7. The Morgan fingerprint density at radius 2 is 2.00 bits per heavy atom. The Morgan fingerprint density at radius 3 is 2.67 bits per heavy atom. The van der Waals surface area contributed by atoms with E-state index in [9.17, 15) is 23.3 Å². The fourth-order valence-electron chi connectivity index (χ4n) is 2.60. The van der Waals surface area contributed by atoms with Gasteiger partial charge in [-0.05, 0) is 37.1 Å². The minimum Gasteiger partial charge on any atom is -0.400 e. The Balaban J connectivity index is 1.69. The van der Waals surface area contributed by atoms with Gasteiger partial charge in [-0.3, -0.25) is 14.9 Å². The van der Waals surface area contributed by atoms with E-state index in [-0.39, 0.29) is 16.2 Å². The van der Waals surface area contributed by atoms with Crippen LogP contribution in [0.25, 0.3) is 0 Å². The van der Waals surface area contributed by atoms with E-state index >= 15 is 0 Å². The quantitative estimate of drug-likeness (QED) is 0.452. The third-order valence-corrected chi connectivity index (χ3v) is 5.84. The summed E-state index contributed by atoms with van der Waals surface area (Å²) in [7, 11) is -3.63. The number of hydrazone groups is 1. The molecular formula is C16H16N4O6S. The lowest BCUT2D eigenvalue weighted by Gasteiger charge is -2.15. The number of furan rings is 1. The van der Waals surface area contributed by atoms with Crippen LogP contribution in [-0.2, 0) is 10.0 Å². The van der Waals surface area contributed by atoms with Crippen molar-refractivity contribution in [3.63, 3.8) is 0 Å². The number of benzene rings is 1. The van der Waals surface area contributed by atoms with E-state index in [1.165, 1.54) is 34.6 Å². The molecule has 10 nitrogen and oxygen atoms in total. The predicted molar refractivity (Wildman–Crippen MR) is 94.9 cm³/mol. The first-order valence-electron chi connectivity index (χ1n) is 8.06. The van der Waals surface area contributed by atoms with Crippen LogP contribution < -0.4 is 5.43 Å². The average molecular weight is 392 g/mol. The van der Waals surface area contributed by atoms with Gasteiger partial charge in [-0.25, -0.2) is 13.8 Å². The monoisotopic (exact) mass is 392 g/mol. The third kappa shape index (κ3) is 4.20. The van der Waals surface area contributed by atoms with Crippen LogP contribution in [0.2, 0.25) is 0 Å². The number of carbonyl (C=O) groups excluding carboxylic acids is 1. The van der Waals surface area contributed by atoms with Crippen molar-refractivity contribution in [2.75, 3.05) is 13.1 Å². The molecule has 27 heavy (non-hydrogen) atoms. The van der Waals surface area contributed by atoms with Gasteiger partial charge in [0.1, 0.15) is 4.92 Å². The molecule has 3 rings (SSSR count). The summed E-state index contributed by atoms with van der Waals surface area (Å²) in [5, 5.41) is 14.2. The summed E-state index contributed by atoms with van der Waals surface area (Å²) >= 11 is 0. The summed E-state index contributed by atoms with van der Waals surface area (Å²) in [6, 6.07) is 8.17. The highest BCUT2D eigenvalue weighted by atomic mass is 32.2. The summed E-state index contributed by atoms with van der Waals surface area (Å²) in [4.78, 5) is 22.1. The van der Waals surface area contributed by atoms with Gasteiger partial charge in [0.2, 0.25) is 10.0 Å². The average Bonchev–Trinajstić information content (AvgIpc) is 3.34. The third-order valence-electron chi connectivity index (χ3n) is 3.95. The lowest BCUT2D eigenvalue weighted by Crippen LogP contribution is -2.28. The van der Waals surface area contributed by atoms with Gasteiger partial charge in [-0.1, -0.05) is 6.07 Å². The van der Waals surface area contributed by atoms with Gasteiger partial charge in [-0.15, -0.1) is 0 Å². The van der Waals surface area contributed by atoms with Gasteiger partial charge in [0.25, 0.3) is 5.91 Å². The molecule has 1 saturated heterocycles. The zero-order chi connectivity index (χ0) is 19.4. The number of sulfonamides is 1. The van der Waals surface area contributed by atoms with Crippen molar-refractivity contribution in [3.05, 3.63) is 57.8 Å². The zero-order valence-corrected chi connectivity index (χ0v) is 14.9. The Hall–Kier alpha value is -3.05. The van der Waals surface area contributed by atoms with Crippen LogP contribution in [0.4, 0.5) is 5.88 Å². The normalized spacial score (nSPS) is 15.3. The fraction of sp³-hybridized carbons (Fsp3) is 0.250. The molecule has 0 aliphatic carbocycles. The van der Waals surface area contributed by atoms with E-state index in [1.54, 1.807) is 0 Å². The van der Waals surface area contributed by atoms with Gasteiger partial charge in [-0.2, -0.15) is 9.41 Å². The first-order chi connectivity index (χ1) is 12.9. The molecule has 2 heterocycles. The fourth-order valence-corrected chi connectivity index (χ4v) is 4.17. The van der Waals surface area contributed by atoms with Crippen LogP contribution in [0, 0.1) is 10.1 Å². The van der Waals surface area contributed by atoms with E-state index in [0.717, 1.165) is 25.1 Å². The van der Waals surface area contributed by atoms with Crippen molar-refractivity contribution in [2.45, 2.75) is 17.7 Å². The molecule has 1 fully saturated rings. The minimum absolute atomic E-state index is 0.0442. The van der Waals surface area contributed by atoms with Gasteiger partial charge >= 0.3 is 5.88 Å². The highest BCUT2D eigenvalue weighted by Crippen LogP contribution is 2.21. The largest absolute Gasteiger partial charge is 0.433 e. The second-order valence-electron chi connectivity index (χ2n) is 5.77. The second-order valence-corrected chi connectivity index (χ2v) is 7.71. The predicted octanol–water partition coefficient (Wildman–Crippen LogP) is 1.74. The molecule has 0 radical (unpaired) electrons. The molecule has 1 N–H and O–H groups in total. The summed E-state index contributed by atoms with van der Waals surface area (Å²) in [5.74, 6) is -0.972. The van der Waals surface area contributed by atoms with E-state index < -0.39 is 26.7 Å². The van der Waals surface area contributed by atoms with Crippen molar-refractivity contribution in [1.82, 2.24) is 9.73 Å². The number of nitro groups is 1. The van der Waals surface area contributed by atoms with Crippen LogP contribution in [0.15, 0.2) is 50.8 Å². The molecule has 0 bridgehead atoms. The molecule has 1 amide bonds. The second kappa shape index (κ2) is 7.68. The van der Waals surface area contributed by atoms with E-state index in [4.69, 9.17) is 4.42 Å². The van der Waals surface area contributed by atoms with Gasteiger partial charge in [0.05, 0.1) is 17.2 Å². The molecule has 0 saturated carbocycles. The number of nitrogens with one attached hydrogen (secondary N) is 1. The van der Waals surface area contributed by atoms with Crippen molar-refractivity contribution in [1.29, 1.82) is 0 Å². The molecule has 1 aliphatic heterocycles. The van der Waals surface area contributed by atoms with Crippen LogP contribution in [0.1, 0.15) is 29.0 Å². The Labute approximate surface area is 154 Å². The maximum atomic E-state index is 12.6. The number of amides is 1. The summed E-state index contributed by atoms with van der Waals surface area (Å²) < 4.78 is 31.4. The van der Waals surface area contributed by atoms with Crippen molar-refractivity contribution >= 4 is 28.0 Å². The molecule has 2 aromatic rings. The summed E-state index contributed by atoms with van der Waals surface area (Å²) in [6.07, 6.45) is 2.74. The van der Waals surface area contributed by atoms with Crippen LogP contribution in [0.5, 0.6) is 0 Å². The molecular weight excluding hydrogens is 376 g/mol. The van der Waals surface area contributed by atoms with Crippen LogP contribution >= 0.6 is 0 Å². The molecule has 1 aromatic heterocycles. The SMILES string of the molecule is O=C(N/N=C\c1ccc([N+](=O)[O-])o1)c1cccc(S(=O)(=O)N2CCCC2)c1. The van der Waals surface area contributed by atoms with Crippen molar-refractivity contribution < 1.29 is 22.6 Å². The number of hydrogen-bond donors (Lipinski definition) is 1. The molecule has 1 aromatic carbocycles.